The zero-order valence-electron chi connectivity index (χ0n) is 11.9. The van der Waals surface area contributed by atoms with E-state index in [0.717, 1.165) is 5.56 Å². The number of methoxy groups -OCH3 is 2. The first-order valence-corrected chi connectivity index (χ1v) is 6.15. The van der Waals surface area contributed by atoms with Crippen LogP contribution in [-0.4, -0.2) is 25.4 Å². The van der Waals surface area contributed by atoms with Crippen molar-refractivity contribution in [2.24, 2.45) is 11.7 Å². The number of aliphatic hydroxyl groups excluding tert-OH is 1. The number of benzene rings is 1. The van der Waals surface area contributed by atoms with Crippen LogP contribution in [0.15, 0.2) is 18.2 Å². The Morgan fingerprint density at radius 2 is 1.74 bits per heavy atom. The van der Waals surface area contributed by atoms with Gasteiger partial charge in [0.1, 0.15) is 0 Å². The summed E-state index contributed by atoms with van der Waals surface area (Å²) in [7, 11) is 3.17. The summed E-state index contributed by atoms with van der Waals surface area (Å²) in [6.45, 7) is 4.12. The second-order valence-corrected chi connectivity index (χ2v) is 4.84. The van der Waals surface area contributed by atoms with E-state index in [1.54, 1.807) is 20.3 Å². The van der Waals surface area contributed by atoms with E-state index in [1.165, 1.54) is 0 Å². The summed E-state index contributed by atoms with van der Waals surface area (Å²) in [6, 6.07) is 5.06. The van der Waals surface area contributed by atoms with E-state index in [2.05, 4.69) is 13.8 Å². The van der Waals surface area contributed by atoms with Crippen molar-refractivity contribution in [2.45, 2.75) is 32.4 Å². The predicted molar refractivity (Wildman–Crippen MR) is 79.2 cm³/mol. The molecule has 0 saturated heterocycles. The van der Waals surface area contributed by atoms with E-state index in [9.17, 15) is 5.11 Å². The SMILES string of the molecule is COc1ccc([C@H](N)[C@H](O)CC(C)C)cc1OC.Cl. The number of ether oxygens (including phenoxy) is 2. The molecule has 0 aliphatic carbocycles. The third kappa shape index (κ3) is 4.90. The Morgan fingerprint density at radius 1 is 1.16 bits per heavy atom. The van der Waals surface area contributed by atoms with Gasteiger partial charge in [0.15, 0.2) is 11.5 Å². The second kappa shape index (κ2) is 8.25. The molecule has 0 aliphatic heterocycles. The maximum Gasteiger partial charge on any atom is 0.161 e. The Bertz CT molecular complexity index is 385. The highest BCUT2D eigenvalue weighted by Crippen LogP contribution is 2.30. The molecule has 0 saturated carbocycles. The fourth-order valence-electron chi connectivity index (χ4n) is 1.91. The molecule has 0 radical (unpaired) electrons. The van der Waals surface area contributed by atoms with Crippen LogP contribution >= 0.6 is 12.4 Å². The van der Waals surface area contributed by atoms with E-state index < -0.39 is 12.1 Å². The summed E-state index contributed by atoms with van der Waals surface area (Å²) in [6.07, 6.45) is 0.123. The molecule has 0 fully saturated rings. The smallest absolute Gasteiger partial charge is 0.161 e. The van der Waals surface area contributed by atoms with Gasteiger partial charge in [0, 0.05) is 0 Å². The van der Waals surface area contributed by atoms with Crippen molar-refractivity contribution in [3.8, 4) is 11.5 Å². The third-order valence-electron chi connectivity index (χ3n) is 2.92. The average Bonchev–Trinajstić information content (AvgIpc) is 2.36. The fraction of sp³-hybridized carbons (Fsp3) is 0.571. The van der Waals surface area contributed by atoms with Crippen molar-refractivity contribution in [1.29, 1.82) is 0 Å². The van der Waals surface area contributed by atoms with Crippen molar-refractivity contribution in [1.82, 2.24) is 0 Å². The summed E-state index contributed by atoms with van der Waals surface area (Å²) in [5.74, 6) is 1.69. The molecule has 110 valence electrons. The standard InChI is InChI=1S/C14H23NO3.ClH/c1-9(2)7-11(16)14(15)10-5-6-12(17-3)13(8-10)18-4;/h5-6,8-9,11,14,16H,7,15H2,1-4H3;1H/t11-,14+;/m1./s1. The summed E-state index contributed by atoms with van der Waals surface area (Å²) in [4.78, 5) is 0. The molecule has 0 heterocycles. The van der Waals surface area contributed by atoms with Crippen LogP contribution in [0.5, 0.6) is 11.5 Å². The first-order valence-electron chi connectivity index (χ1n) is 6.15. The zero-order valence-corrected chi connectivity index (χ0v) is 12.7. The molecule has 1 rings (SSSR count). The van der Waals surface area contributed by atoms with Gasteiger partial charge in [0.25, 0.3) is 0 Å². The maximum absolute atomic E-state index is 10.0. The Morgan fingerprint density at radius 3 is 2.21 bits per heavy atom. The largest absolute Gasteiger partial charge is 0.493 e. The van der Waals surface area contributed by atoms with Crippen molar-refractivity contribution in [2.75, 3.05) is 14.2 Å². The van der Waals surface area contributed by atoms with Crippen molar-refractivity contribution in [3.63, 3.8) is 0 Å². The number of aliphatic hydroxyl groups is 1. The highest BCUT2D eigenvalue weighted by Gasteiger charge is 2.19. The number of hydrogen-bond donors (Lipinski definition) is 2. The van der Waals surface area contributed by atoms with Gasteiger partial charge in [-0.3, -0.25) is 0 Å². The monoisotopic (exact) mass is 289 g/mol. The van der Waals surface area contributed by atoms with E-state index >= 15 is 0 Å². The predicted octanol–water partition coefficient (Wildman–Crippen LogP) is 2.53. The highest BCUT2D eigenvalue weighted by molar-refractivity contribution is 5.85. The van der Waals surface area contributed by atoms with E-state index in [1.807, 2.05) is 12.1 Å². The molecule has 19 heavy (non-hydrogen) atoms. The van der Waals surface area contributed by atoms with Gasteiger partial charge >= 0.3 is 0 Å². The lowest BCUT2D eigenvalue weighted by Gasteiger charge is -2.21. The Labute approximate surface area is 121 Å². The molecule has 4 nitrogen and oxygen atoms in total. The molecule has 0 aliphatic rings. The van der Waals surface area contributed by atoms with Crippen LogP contribution in [0.4, 0.5) is 0 Å². The van der Waals surface area contributed by atoms with Crippen LogP contribution in [0, 0.1) is 5.92 Å². The van der Waals surface area contributed by atoms with Gasteiger partial charge in [0.05, 0.1) is 26.4 Å². The van der Waals surface area contributed by atoms with Crippen LogP contribution < -0.4 is 15.2 Å². The van der Waals surface area contributed by atoms with Crippen LogP contribution in [0.3, 0.4) is 0 Å². The minimum absolute atomic E-state index is 0. The maximum atomic E-state index is 10.0. The van der Waals surface area contributed by atoms with Gasteiger partial charge in [0.2, 0.25) is 0 Å². The Hall–Kier alpha value is -0.970. The minimum Gasteiger partial charge on any atom is -0.493 e. The van der Waals surface area contributed by atoms with E-state index in [-0.39, 0.29) is 12.4 Å². The Kier molecular flexibility index (Phi) is 7.83. The lowest BCUT2D eigenvalue weighted by atomic mass is 9.95. The lowest BCUT2D eigenvalue weighted by molar-refractivity contribution is 0.121. The van der Waals surface area contributed by atoms with Crippen molar-refractivity contribution >= 4 is 12.4 Å². The first kappa shape index (κ1) is 18.0. The Balaban J connectivity index is 0.00000324. The third-order valence-corrected chi connectivity index (χ3v) is 2.92. The topological polar surface area (TPSA) is 64.7 Å². The molecule has 0 unspecified atom stereocenters. The molecule has 3 N–H and O–H groups in total. The fourth-order valence-corrected chi connectivity index (χ4v) is 1.91. The number of nitrogens with two attached hydrogens (primary N) is 1. The van der Waals surface area contributed by atoms with Gasteiger partial charge in [-0.15, -0.1) is 12.4 Å². The summed E-state index contributed by atoms with van der Waals surface area (Å²) in [5, 5.41) is 10.0. The highest BCUT2D eigenvalue weighted by atomic mass is 35.5. The summed E-state index contributed by atoms with van der Waals surface area (Å²) >= 11 is 0. The molecular formula is C14H24ClNO3. The molecule has 0 aromatic heterocycles. The number of halogens is 1. The van der Waals surface area contributed by atoms with Crippen LogP contribution in [-0.2, 0) is 0 Å². The number of rotatable bonds is 6. The number of hydrogen-bond acceptors (Lipinski definition) is 4. The molecule has 0 spiro atoms. The zero-order chi connectivity index (χ0) is 13.7. The van der Waals surface area contributed by atoms with E-state index in [4.69, 9.17) is 15.2 Å². The molecule has 1 aromatic carbocycles. The normalized spacial score (nSPS) is 13.6. The molecule has 0 bridgehead atoms. The van der Waals surface area contributed by atoms with Crippen LogP contribution in [0.25, 0.3) is 0 Å². The van der Waals surface area contributed by atoms with Gasteiger partial charge in [-0.05, 0) is 30.0 Å². The lowest BCUT2D eigenvalue weighted by Crippen LogP contribution is -2.27. The van der Waals surface area contributed by atoms with Crippen molar-refractivity contribution in [3.05, 3.63) is 23.8 Å². The summed E-state index contributed by atoms with van der Waals surface area (Å²) in [5.41, 5.74) is 6.90. The van der Waals surface area contributed by atoms with Crippen molar-refractivity contribution < 1.29 is 14.6 Å². The van der Waals surface area contributed by atoms with Gasteiger partial charge in [-0.2, -0.15) is 0 Å². The molecule has 2 atom stereocenters. The first-order chi connectivity index (χ1) is 8.49. The quantitative estimate of drug-likeness (QED) is 0.845. The van der Waals surface area contributed by atoms with Crippen LogP contribution in [0.2, 0.25) is 0 Å². The summed E-state index contributed by atoms with van der Waals surface area (Å²) < 4.78 is 10.4. The van der Waals surface area contributed by atoms with Gasteiger partial charge in [-0.25, -0.2) is 0 Å². The van der Waals surface area contributed by atoms with E-state index in [0.29, 0.717) is 23.8 Å². The van der Waals surface area contributed by atoms with Crippen LogP contribution in [0.1, 0.15) is 31.9 Å². The minimum atomic E-state index is -0.553. The molecular weight excluding hydrogens is 266 g/mol. The average molecular weight is 290 g/mol. The van der Waals surface area contributed by atoms with Gasteiger partial charge in [-0.1, -0.05) is 19.9 Å². The van der Waals surface area contributed by atoms with Gasteiger partial charge < -0.3 is 20.3 Å². The molecule has 0 amide bonds. The molecule has 1 aromatic rings. The molecule has 5 heteroatoms. The second-order valence-electron chi connectivity index (χ2n) is 4.84.